The summed E-state index contributed by atoms with van der Waals surface area (Å²) < 4.78 is 17.7. The maximum Gasteiger partial charge on any atom is 0.306 e. The van der Waals surface area contributed by atoms with Crippen molar-refractivity contribution >= 4 is 11.9 Å². The van der Waals surface area contributed by atoms with Crippen LogP contribution in [0.3, 0.4) is 0 Å². The fraction of sp³-hybridized carbons (Fsp3) is 0.836. The van der Waals surface area contributed by atoms with Crippen LogP contribution in [0, 0.1) is 0 Å². The first-order valence-corrected chi connectivity index (χ1v) is 35.6. The fourth-order valence-electron chi connectivity index (χ4n) is 11.0. The van der Waals surface area contributed by atoms with Crippen molar-refractivity contribution in [2.24, 2.45) is 0 Å². The predicted octanol–water partition coefficient (Wildman–Crippen LogP) is 18.1. The predicted molar refractivity (Wildman–Crippen MR) is 352 cm³/mol. The topological polar surface area (TPSA) is 175 Å². The normalized spacial score (nSPS) is 18.8. The Morgan fingerprint density at radius 1 is 0.464 bits per heavy atom. The number of aliphatic hydroxyl groups is 5. The zero-order chi connectivity index (χ0) is 61.0. The van der Waals surface area contributed by atoms with Crippen molar-refractivity contribution in [3.63, 3.8) is 0 Å². The second kappa shape index (κ2) is 60.6. The number of carbonyl (C=O) groups is 2. The van der Waals surface area contributed by atoms with Crippen molar-refractivity contribution in [3.05, 3.63) is 60.8 Å². The number of amides is 1. The molecule has 0 radical (unpaired) electrons. The van der Waals surface area contributed by atoms with Gasteiger partial charge in [-0.25, -0.2) is 0 Å². The Labute approximate surface area is 516 Å². The summed E-state index contributed by atoms with van der Waals surface area (Å²) >= 11 is 0. The van der Waals surface area contributed by atoms with E-state index in [0.29, 0.717) is 12.8 Å². The lowest BCUT2D eigenvalue weighted by molar-refractivity contribution is -0.305. The third kappa shape index (κ3) is 47.4. The van der Waals surface area contributed by atoms with Gasteiger partial charge in [-0.2, -0.15) is 0 Å². The molecule has 6 N–H and O–H groups in total. The third-order valence-corrected chi connectivity index (χ3v) is 16.6. The second-order valence-corrected chi connectivity index (χ2v) is 24.6. The Kier molecular flexibility index (Phi) is 57.3. The van der Waals surface area contributed by atoms with E-state index in [4.69, 9.17) is 14.2 Å². The molecule has 0 aromatic rings. The number of hydrogen-bond acceptors (Lipinski definition) is 10. The highest BCUT2D eigenvalue weighted by Gasteiger charge is 2.47. The summed E-state index contributed by atoms with van der Waals surface area (Å²) in [5.74, 6) is -1.19. The maximum atomic E-state index is 13.5. The Balaban J connectivity index is 2.57. The van der Waals surface area contributed by atoms with Crippen LogP contribution < -0.4 is 5.32 Å². The van der Waals surface area contributed by atoms with Gasteiger partial charge in [0.15, 0.2) is 12.4 Å². The number of nitrogens with one attached hydrogen (secondary N) is 1. The Morgan fingerprint density at radius 2 is 0.821 bits per heavy atom. The monoisotopic (exact) mass is 1180 g/mol. The fourth-order valence-corrected chi connectivity index (χ4v) is 11.0. The van der Waals surface area contributed by atoms with Crippen LogP contribution in [0.2, 0.25) is 0 Å². The Hall–Kier alpha value is -2.64. The highest BCUT2D eigenvalue weighted by Crippen LogP contribution is 2.26. The molecule has 84 heavy (non-hydrogen) atoms. The third-order valence-electron chi connectivity index (χ3n) is 16.6. The molecule has 0 aliphatic carbocycles. The molecule has 8 atom stereocenters. The number of ether oxygens (including phenoxy) is 3. The first-order valence-electron chi connectivity index (χ1n) is 35.6. The van der Waals surface area contributed by atoms with Gasteiger partial charge in [-0.1, -0.05) is 293 Å². The number of hydrogen-bond donors (Lipinski definition) is 6. The van der Waals surface area contributed by atoms with Crippen LogP contribution >= 0.6 is 0 Å². The second-order valence-electron chi connectivity index (χ2n) is 24.6. The van der Waals surface area contributed by atoms with Gasteiger partial charge >= 0.3 is 5.97 Å². The molecule has 1 heterocycles. The molecular weight excluding hydrogens is 1050 g/mol. The Morgan fingerprint density at radius 3 is 1.26 bits per heavy atom. The minimum atomic E-state index is -1.62. The molecule has 1 amide bonds. The molecule has 1 saturated heterocycles. The van der Waals surface area contributed by atoms with Crippen molar-refractivity contribution in [3.8, 4) is 0 Å². The smallest absolute Gasteiger partial charge is 0.306 e. The van der Waals surface area contributed by atoms with E-state index in [0.717, 1.165) is 77.0 Å². The summed E-state index contributed by atoms with van der Waals surface area (Å²) in [7, 11) is 0. The molecule has 8 unspecified atom stereocenters. The molecule has 0 bridgehead atoms. The first kappa shape index (κ1) is 79.4. The molecule has 0 aromatic carbocycles. The average molecular weight is 1180 g/mol. The van der Waals surface area contributed by atoms with Gasteiger partial charge in [-0.05, 0) is 89.9 Å². The summed E-state index contributed by atoms with van der Waals surface area (Å²) in [5, 5.41) is 57.2. The van der Waals surface area contributed by atoms with Gasteiger partial charge in [-0.15, -0.1) is 0 Å². The van der Waals surface area contributed by atoms with Gasteiger partial charge in [0.05, 0.1) is 25.4 Å². The van der Waals surface area contributed by atoms with Crippen LogP contribution in [-0.4, -0.2) is 99.6 Å². The molecule has 11 heteroatoms. The van der Waals surface area contributed by atoms with Gasteiger partial charge in [0, 0.05) is 6.42 Å². The van der Waals surface area contributed by atoms with Crippen LogP contribution in [0.4, 0.5) is 0 Å². The van der Waals surface area contributed by atoms with E-state index in [1.165, 1.54) is 205 Å². The lowest BCUT2D eigenvalue weighted by Crippen LogP contribution is -2.61. The van der Waals surface area contributed by atoms with E-state index in [-0.39, 0.29) is 19.4 Å². The summed E-state index contributed by atoms with van der Waals surface area (Å²) in [4.78, 5) is 26.7. The summed E-state index contributed by atoms with van der Waals surface area (Å²) in [6.07, 6.45) is 66.8. The van der Waals surface area contributed by atoms with E-state index in [2.05, 4.69) is 74.7 Å². The van der Waals surface area contributed by atoms with E-state index in [9.17, 15) is 35.1 Å². The van der Waals surface area contributed by atoms with Crippen LogP contribution in [0.25, 0.3) is 0 Å². The van der Waals surface area contributed by atoms with Crippen LogP contribution in [0.1, 0.15) is 329 Å². The van der Waals surface area contributed by atoms with Crippen molar-refractivity contribution in [2.45, 2.75) is 378 Å². The number of esters is 1. The molecular formula is C73H133NO10. The van der Waals surface area contributed by atoms with Gasteiger partial charge in [0.2, 0.25) is 5.91 Å². The molecule has 1 rings (SSSR count). The van der Waals surface area contributed by atoms with Crippen molar-refractivity contribution in [1.29, 1.82) is 0 Å². The van der Waals surface area contributed by atoms with E-state index < -0.39 is 67.4 Å². The molecule has 0 aromatic heterocycles. The highest BCUT2D eigenvalue weighted by molar-refractivity contribution is 5.80. The van der Waals surface area contributed by atoms with Crippen LogP contribution in [0.15, 0.2) is 60.8 Å². The number of rotatable bonds is 61. The minimum Gasteiger partial charge on any atom is -0.454 e. The Bertz CT molecular complexity index is 1600. The van der Waals surface area contributed by atoms with E-state index in [1.54, 1.807) is 6.08 Å². The molecule has 1 aliphatic heterocycles. The minimum absolute atomic E-state index is 0.121. The standard InChI is InChI=1S/C73H133NO10/c1-4-7-10-13-16-19-22-25-27-29-31-32-33-34-35-36-37-39-41-43-46-49-52-55-58-61-68(78)84-71-70(80)69(79)67(62-75)83-73(71)82-63-64(65(76)59-56-53-50-47-44-24-21-18-15-12-9-6-3)74-72(81)66(77)60-57-54-51-48-45-42-40-38-30-28-26-23-20-17-14-11-8-5-2/h16,19,25-28,31-32,56,59,64-67,69-71,73,75-77,79-80H,4-15,17-18,20-24,29-30,33-55,57-58,60-63H2,1-3H3,(H,74,81)/b19-16-,27-25-,28-26+,32-31-,59-56+. The van der Waals surface area contributed by atoms with Gasteiger partial charge in [0.1, 0.15) is 24.4 Å². The molecule has 490 valence electrons. The SMILES string of the molecule is CCCCC/C=C\C/C=C\C/C=C\CCCCCCCCCCCCCCC(=O)OC1C(OCC(NC(=O)C(O)CCCCCCCCCC/C=C/CCCCCCCC)C(O)/C=C/CCCCCCCCCCCC)OC(CO)C(O)C1O. The zero-order valence-corrected chi connectivity index (χ0v) is 54.5. The maximum absolute atomic E-state index is 13.5. The molecule has 0 spiro atoms. The van der Waals surface area contributed by atoms with Crippen LogP contribution in [0.5, 0.6) is 0 Å². The molecule has 0 saturated carbocycles. The average Bonchev–Trinajstić information content (AvgIpc) is 3.69. The largest absolute Gasteiger partial charge is 0.454 e. The zero-order valence-electron chi connectivity index (χ0n) is 54.5. The van der Waals surface area contributed by atoms with Crippen molar-refractivity contribution < 1.29 is 49.3 Å². The summed E-state index contributed by atoms with van der Waals surface area (Å²) in [6, 6.07) is -1.03. The number of carbonyl (C=O) groups excluding carboxylic acids is 2. The first-order chi connectivity index (χ1) is 41.2. The number of unbranched alkanes of at least 4 members (excludes halogenated alkanes) is 39. The van der Waals surface area contributed by atoms with Crippen LogP contribution in [-0.2, 0) is 23.8 Å². The highest BCUT2D eigenvalue weighted by atomic mass is 16.7. The van der Waals surface area contributed by atoms with Gasteiger partial charge < -0.3 is 45.1 Å². The molecule has 11 nitrogen and oxygen atoms in total. The number of allylic oxidation sites excluding steroid dienone is 9. The van der Waals surface area contributed by atoms with E-state index >= 15 is 0 Å². The summed E-state index contributed by atoms with van der Waals surface area (Å²) in [5.41, 5.74) is 0. The lowest BCUT2D eigenvalue weighted by Gasteiger charge is -2.41. The molecule has 1 aliphatic rings. The number of aliphatic hydroxyl groups excluding tert-OH is 5. The van der Waals surface area contributed by atoms with E-state index in [1.807, 2.05) is 6.08 Å². The van der Waals surface area contributed by atoms with Crippen molar-refractivity contribution in [2.75, 3.05) is 13.2 Å². The van der Waals surface area contributed by atoms with Gasteiger partial charge in [-0.3, -0.25) is 9.59 Å². The van der Waals surface area contributed by atoms with Gasteiger partial charge in [0.25, 0.3) is 0 Å². The molecule has 1 fully saturated rings. The lowest BCUT2D eigenvalue weighted by atomic mass is 9.99. The van der Waals surface area contributed by atoms with Crippen molar-refractivity contribution in [1.82, 2.24) is 5.32 Å². The summed E-state index contributed by atoms with van der Waals surface area (Å²) in [6.45, 7) is 5.79. The quantitative estimate of drug-likeness (QED) is 0.0195.